The molecule has 0 radical (unpaired) electrons. The van der Waals surface area contributed by atoms with Gasteiger partial charge < -0.3 is 20.8 Å². The molecule has 0 saturated heterocycles. The van der Waals surface area contributed by atoms with Crippen LogP contribution in [-0.4, -0.2) is 35.7 Å². The number of rotatable bonds is 11. The van der Waals surface area contributed by atoms with Gasteiger partial charge in [-0.1, -0.05) is 41.9 Å². The summed E-state index contributed by atoms with van der Waals surface area (Å²) < 4.78 is 24.9. The van der Waals surface area contributed by atoms with E-state index in [1.54, 1.807) is 35.3 Å². The van der Waals surface area contributed by atoms with Gasteiger partial charge in [-0.15, -0.1) is 0 Å². The summed E-state index contributed by atoms with van der Waals surface area (Å²) in [5, 5.41) is 18.6. The quantitative estimate of drug-likeness (QED) is 0.170. The van der Waals surface area contributed by atoms with E-state index in [0.717, 1.165) is 41.6 Å². The standard InChI is InChI=1S/C28H30ClFN6O2S/c1-38-26-11-10-22(12-24(26)29)39-35-28(37)33-17-25(30)23-9-5-8-21-16-34-36(27(21)23)18-20(13-31)15-32-14-19-6-3-2-4-7-19/h2-4,6-7,10-13,15-16,31-32H,5,8-9,14,17-18H2,1H3,(H2,33,35,37)/b20-15+,25-23-,31-13?. The van der Waals surface area contributed by atoms with E-state index in [-0.39, 0.29) is 6.54 Å². The van der Waals surface area contributed by atoms with E-state index in [2.05, 4.69) is 20.5 Å². The topological polar surface area (TPSA) is 104 Å². The molecular weight excluding hydrogens is 539 g/mol. The highest BCUT2D eigenvalue weighted by atomic mass is 35.5. The molecule has 4 N–H and O–H groups in total. The Morgan fingerprint density at radius 1 is 1.26 bits per heavy atom. The first kappa shape index (κ1) is 28.3. The highest BCUT2D eigenvalue weighted by Crippen LogP contribution is 2.34. The number of nitrogens with one attached hydrogen (secondary N) is 4. The second kappa shape index (κ2) is 13.9. The third-order valence-electron chi connectivity index (χ3n) is 6.14. The Morgan fingerprint density at radius 2 is 2.08 bits per heavy atom. The van der Waals surface area contributed by atoms with Crippen LogP contribution in [0.2, 0.25) is 5.02 Å². The van der Waals surface area contributed by atoms with Crippen molar-refractivity contribution in [1.29, 1.82) is 5.41 Å². The Bertz CT molecular complexity index is 1380. The highest BCUT2D eigenvalue weighted by molar-refractivity contribution is 7.98. The molecule has 204 valence electrons. The van der Waals surface area contributed by atoms with Crippen molar-refractivity contribution in [1.82, 2.24) is 25.1 Å². The van der Waals surface area contributed by atoms with Crippen LogP contribution in [0.4, 0.5) is 9.18 Å². The van der Waals surface area contributed by atoms with Crippen LogP contribution in [0.15, 0.2) is 77.2 Å². The van der Waals surface area contributed by atoms with E-state index in [4.69, 9.17) is 21.7 Å². The summed E-state index contributed by atoms with van der Waals surface area (Å²) in [5.74, 6) is 0.129. The van der Waals surface area contributed by atoms with Gasteiger partial charge >= 0.3 is 6.03 Å². The second-order valence-corrected chi connectivity index (χ2v) is 10.1. The zero-order valence-corrected chi connectivity index (χ0v) is 23.0. The molecule has 2 amide bonds. The number of benzene rings is 2. The van der Waals surface area contributed by atoms with E-state index < -0.39 is 11.9 Å². The number of hydrogen-bond donors (Lipinski definition) is 4. The number of aryl methyl sites for hydroxylation is 1. The van der Waals surface area contributed by atoms with Crippen LogP contribution in [0.5, 0.6) is 5.75 Å². The number of nitrogens with zero attached hydrogens (tertiary/aromatic N) is 2. The SMILES string of the molecule is COc1ccc(SNC(=O)NC/C(F)=C2\CCCc3cnn(C/C(C=N)=C/NCc4ccccc4)c32)cc1Cl. The molecule has 0 fully saturated rings. The van der Waals surface area contributed by atoms with E-state index in [1.165, 1.54) is 13.3 Å². The molecule has 0 spiro atoms. The lowest BCUT2D eigenvalue weighted by atomic mass is 9.92. The smallest absolute Gasteiger partial charge is 0.325 e. The molecule has 39 heavy (non-hydrogen) atoms. The molecule has 11 heteroatoms. The zero-order chi connectivity index (χ0) is 27.6. The van der Waals surface area contributed by atoms with Crippen LogP contribution in [0, 0.1) is 5.41 Å². The molecule has 2 aromatic carbocycles. The largest absolute Gasteiger partial charge is 0.495 e. The van der Waals surface area contributed by atoms with Crippen molar-refractivity contribution in [3.05, 3.63) is 94.2 Å². The van der Waals surface area contributed by atoms with Crippen molar-refractivity contribution >= 4 is 41.4 Å². The molecule has 0 unspecified atom stereocenters. The van der Waals surface area contributed by atoms with Crippen LogP contribution in [0.1, 0.15) is 29.7 Å². The van der Waals surface area contributed by atoms with E-state index in [0.29, 0.717) is 46.3 Å². The zero-order valence-electron chi connectivity index (χ0n) is 21.5. The maximum absolute atomic E-state index is 15.4. The molecule has 0 atom stereocenters. The number of urea groups is 1. The van der Waals surface area contributed by atoms with Gasteiger partial charge in [0.2, 0.25) is 0 Å². The van der Waals surface area contributed by atoms with E-state index in [1.807, 2.05) is 30.3 Å². The third kappa shape index (κ3) is 7.64. The summed E-state index contributed by atoms with van der Waals surface area (Å²) in [7, 11) is 1.53. The Labute approximate surface area is 236 Å². The monoisotopic (exact) mass is 568 g/mol. The minimum Gasteiger partial charge on any atom is -0.495 e. The maximum atomic E-state index is 15.4. The minimum absolute atomic E-state index is 0.248. The lowest BCUT2D eigenvalue weighted by Gasteiger charge is -2.19. The number of fused-ring (bicyclic) bond motifs is 1. The van der Waals surface area contributed by atoms with Crippen molar-refractivity contribution in [3.8, 4) is 5.75 Å². The molecule has 1 aliphatic carbocycles. The predicted octanol–water partition coefficient (Wildman–Crippen LogP) is 5.89. The normalized spacial score (nSPS) is 14.3. The fraction of sp³-hybridized carbons (Fsp3) is 0.250. The van der Waals surface area contributed by atoms with Gasteiger partial charge in [-0.05, 0) is 60.5 Å². The van der Waals surface area contributed by atoms with Crippen LogP contribution in [-0.2, 0) is 19.5 Å². The van der Waals surface area contributed by atoms with Crippen LogP contribution in [0.3, 0.4) is 0 Å². The predicted molar refractivity (Wildman–Crippen MR) is 154 cm³/mol. The highest BCUT2D eigenvalue weighted by Gasteiger charge is 2.23. The Morgan fingerprint density at radius 3 is 2.82 bits per heavy atom. The van der Waals surface area contributed by atoms with Crippen molar-refractivity contribution < 1.29 is 13.9 Å². The van der Waals surface area contributed by atoms with E-state index in [9.17, 15) is 4.79 Å². The fourth-order valence-corrected chi connectivity index (χ4v) is 5.15. The van der Waals surface area contributed by atoms with Crippen molar-refractivity contribution in [2.75, 3.05) is 13.7 Å². The number of aromatic nitrogens is 2. The summed E-state index contributed by atoms with van der Waals surface area (Å²) in [4.78, 5) is 13.0. The molecule has 0 bridgehead atoms. The molecule has 1 aliphatic rings. The number of allylic oxidation sites excluding steroid dienone is 2. The van der Waals surface area contributed by atoms with Gasteiger partial charge in [-0.2, -0.15) is 5.10 Å². The maximum Gasteiger partial charge on any atom is 0.325 e. The van der Waals surface area contributed by atoms with Crippen LogP contribution >= 0.6 is 23.5 Å². The molecule has 1 aromatic heterocycles. The lowest BCUT2D eigenvalue weighted by molar-refractivity contribution is 0.246. The summed E-state index contributed by atoms with van der Waals surface area (Å²) >= 11 is 7.19. The average Bonchev–Trinajstić information content (AvgIpc) is 3.37. The second-order valence-electron chi connectivity index (χ2n) is 8.83. The molecule has 1 heterocycles. The Kier molecular flexibility index (Phi) is 10.0. The van der Waals surface area contributed by atoms with Crippen LogP contribution < -0.4 is 20.1 Å². The number of halogens is 2. The minimum atomic E-state index is -0.522. The van der Waals surface area contributed by atoms with Crippen LogP contribution in [0.25, 0.3) is 5.57 Å². The number of hydrogen-bond acceptors (Lipinski definition) is 6. The summed E-state index contributed by atoms with van der Waals surface area (Å²) in [6.07, 6.45) is 6.97. The number of amides is 2. The first-order valence-electron chi connectivity index (χ1n) is 12.4. The van der Waals surface area contributed by atoms with Gasteiger partial charge in [-0.3, -0.25) is 9.40 Å². The fourth-order valence-electron chi connectivity index (χ4n) is 4.23. The number of carbonyl (C=O) groups is 1. The molecular formula is C28H30ClFN6O2S. The van der Waals surface area contributed by atoms with Gasteiger partial charge in [0.05, 0.1) is 37.1 Å². The van der Waals surface area contributed by atoms with Crippen molar-refractivity contribution in [2.24, 2.45) is 0 Å². The first-order valence-corrected chi connectivity index (χ1v) is 13.6. The van der Waals surface area contributed by atoms with Crippen molar-refractivity contribution in [2.45, 2.75) is 37.2 Å². The van der Waals surface area contributed by atoms with Gasteiger partial charge in [0, 0.05) is 35.0 Å². The molecule has 4 rings (SSSR count). The Balaban J connectivity index is 1.38. The summed E-state index contributed by atoms with van der Waals surface area (Å²) in [6, 6.07) is 14.6. The number of methoxy groups -OCH3 is 1. The lowest BCUT2D eigenvalue weighted by Crippen LogP contribution is -2.32. The third-order valence-corrected chi connectivity index (χ3v) is 7.22. The van der Waals surface area contributed by atoms with E-state index >= 15 is 4.39 Å². The molecule has 3 aromatic rings. The van der Waals surface area contributed by atoms with Crippen molar-refractivity contribution in [3.63, 3.8) is 0 Å². The molecule has 0 saturated carbocycles. The first-order chi connectivity index (χ1) is 19.0. The molecule has 0 aliphatic heterocycles. The summed E-state index contributed by atoms with van der Waals surface area (Å²) in [5.41, 5.74) is 4.05. The van der Waals surface area contributed by atoms with Gasteiger partial charge in [0.1, 0.15) is 11.6 Å². The number of ether oxygens (including phenoxy) is 1. The molecule has 8 nitrogen and oxygen atoms in total. The Hall–Kier alpha value is -3.76. The van der Waals surface area contributed by atoms with Gasteiger partial charge in [-0.25, -0.2) is 9.18 Å². The average molecular weight is 569 g/mol. The van der Waals surface area contributed by atoms with Gasteiger partial charge in [0.15, 0.2) is 0 Å². The van der Waals surface area contributed by atoms with Gasteiger partial charge in [0.25, 0.3) is 0 Å². The summed E-state index contributed by atoms with van der Waals surface area (Å²) in [6.45, 7) is 0.709. The number of carbonyl (C=O) groups excluding carboxylic acids is 1.